The predicted octanol–water partition coefficient (Wildman–Crippen LogP) is 7.87. The highest BCUT2D eigenvalue weighted by Gasteiger charge is 2.20. The highest BCUT2D eigenvalue weighted by molar-refractivity contribution is 4.92. The van der Waals surface area contributed by atoms with E-state index in [-0.39, 0.29) is 0 Å². The van der Waals surface area contributed by atoms with E-state index < -0.39 is 0 Å². The first kappa shape index (κ1) is 19.5. The first-order valence-corrected chi connectivity index (χ1v) is 10.7. The molecule has 2 rings (SSSR count). The van der Waals surface area contributed by atoms with Gasteiger partial charge in [-0.3, -0.25) is 0 Å². The van der Waals surface area contributed by atoms with Crippen molar-refractivity contribution in [2.24, 2.45) is 23.7 Å². The maximum absolute atomic E-state index is 3.89. The average Bonchev–Trinajstić information content (AvgIpc) is 2.62. The first-order chi connectivity index (χ1) is 11.8. The normalized spacial score (nSPS) is 31.7. The van der Waals surface area contributed by atoms with Gasteiger partial charge in [-0.2, -0.15) is 0 Å². The lowest BCUT2D eigenvalue weighted by Gasteiger charge is -2.28. The van der Waals surface area contributed by atoms with Gasteiger partial charge in [-0.05, 0) is 101 Å². The Morgan fingerprint density at radius 2 is 1.29 bits per heavy atom. The third-order valence-corrected chi connectivity index (χ3v) is 6.48. The van der Waals surface area contributed by atoms with Crippen molar-refractivity contribution in [2.75, 3.05) is 0 Å². The van der Waals surface area contributed by atoms with Crippen LogP contribution in [0.15, 0.2) is 37.0 Å². The van der Waals surface area contributed by atoms with Crippen LogP contribution < -0.4 is 0 Å². The second kappa shape index (κ2) is 11.7. The molecule has 0 unspecified atom stereocenters. The molecule has 2 fully saturated rings. The van der Waals surface area contributed by atoms with Crippen molar-refractivity contribution in [2.45, 2.75) is 90.4 Å². The van der Waals surface area contributed by atoms with Crippen LogP contribution in [0.2, 0.25) is 0 Å². The molecule has 0 aromatic heterocycles. The van der Waals surface area contributed by atoms with Crippen LogP contribution in [-0.2, 0) is 0 Å². The second-order valence-electron chi connectivity index (χ2n) is 8.34. The van der Waals surface area contributed by atoms with Crippen LogP contribution in [0.1, 0.15) is 90.4 Å². The van der Waals surface area contributed by atoms with Gasteiger partial charge in [-0.25, -0.2) is 0 Å². The van der Waals surface area contributed by atoms with Crippen LogP contribution in [0.4, 0.5) is 0 Å². The van der Waals surface area contributed by atoms with Gasteiger partial charge >= 0.3 is 0 Å². The monoisotopic (exact) mass is 328 g/mol. The van der Waals surface area contributed by atoms with Crippen LogP contribution in [0, 0.1) is 23.7 Å². The van der Waals surface area contributed by atoms with Gasteiger partial charge in [-0.1, -0.05) is 43.2 Å². The van der Waals surface area contributed by atoms with Crippen LogP contribution >= 0.6 is 0 Å². The van der Waals surface area contributed by atoms with Crippen molar-refractivity contribution >= 4 is 0 Å². The lowest BCUT2D eigenvalue weighted by atomic mass is 9.78. The number of rotatable bonds is 9. The zero-order valence-corrected chi connectivity index (χ0v) is 16.1. The SMILES string of the molecule is C=CC[C@H]1CC[C@H](CC/C=C/[C@H]2CC[C@H](CC/C=C/C)CC2)CC1. The molecule has 0 radical (unpaired) electrons. The van der Waals surface area contributed by atoms with Crippen LogP contribution in [0.25, 0.3) is 0 Å². The van der Waals surface area contributed by atoms with E-state index in [1.807, 2.05) is 0 Å². The van der Waals surface area contributed by atoms with Crippen molar-refractivity contribution in [1.29, 1.82) is 0 Å². The van der Waals surface area contributed by atoms with Gasteiger partial charge < -0.3 is 0 Å². The van der Waals surface area contributed by atoms with E-state index in [9.17, 15) is 0 Å². The molecule has 0 saturated heterocycles. The molecule has 0 atom stereocenters. The Balaban J connectivity index is 1.53. The third-order valence-electron chi connectivity index (χ3n) is 6.48. The highest BCUT2D eigenvalue weighted by atomic mass is 14.3. The summed E-state index contributed by atoms with van der Waals surface area (Å²) >= 11 is 0. The molecule has 0 heterocycles. The molecule has 2 aliphatic carbocycles. The molecule has 0 nitrogen and oxygen atoms in total. The summed E-state index contributed by atoms with van der Waals surface area (Å²) in [5.74, 6) is 3.82. The summed E-state index contributed by atoms with van der Waals surface area (Å²) in [6, 6.07) is 0. The minimum absolute atomic E-state index is 0.881. The molecular formula is C24H40. The largest absolute Gasteiger partial charge is 0.103 e. The molecule has 0 aliphatic heterocycles. The summed E-state index contributed by atoms with van der Waals surface area (Å²) < 4.78 is 0. The Kier molecular flexibility index (Phi) is 9.54. The maximum Gasteiger partial charge on any atom is -0.0233 e. The molecule has 24 heavy (non-hydrogen) atoms. The minimum Gasteiger partial charge on any atom is -0.103 e. The van der Waals surface area contributed by atoms with E-state index in [2.05, 4.69) is 43.9 Å². The van der Waals surface area contributed by atoms with E-state index in [0.29, 0.717) is 0 Å². The Morgan fingerprint density at radius 1 is 0.750 bits per heavy atom. The van der Waals surface area contributed by atoms with Gasteiger partial charge in [0.25, 0.3) is 0 Å². The maximum atomic E-state index is 3.89. The molecule has 0 N–H and O–H groups in total. The van der Waals surface area contributed by atoms with E-state index in [4.69, 9.17) is 0 Å². The molecular weight excluding hydrogens is 288 g/mol. The predicted molar refractivity (Wildman–Crippen MR) is 108 cm³/mol. The average molecular weight is 329 g/mol. The summed E-state index contributed by atoms with van der Waals surface area (Å²) in [6.45, 7) is 6.02. The summed E-state index contributed by atoms with van der Waals surface area (Å²) in [5, 5.41) is 0. The van der Waals surface area contributed by atoms with Crippen molar-refractivity contribution in [1.82, 2.24) is 0 Å². The molecule has 136 valence electrons. The quantitative estimate of drug-likeness (QED) is 0.378. The molecule has 0 heteroatoms. The standard InChI is InChI=1S/C24H40/c1-3-5-6-10-22-17-19-24(20-18-22)12-8-7-11-23-15-13-21(9-4-2)14-16-23/h3-5,8,12,21-24H,2,6-7,9-11,13-20H2,1H3/b5-3+,12-8+/t21-,22-,23-,24-. The Hall–Kier alpha value is -0.780. The summed E-state index contributed by atoms with van der Waals surface area (Å²) in [6.07, 6.45) is 30.0. The fourth-order valence-electron chi connectivity index (χ4n) is 4.78. The van der Waals surface area contributed by atoms with Gasteiger partial charge in [0.1, 0.15) is 0 Å². The molecule has 0 aromatic rings. The molecule has 0 bridgehead atoms. The first-order valence-electron chi connectivity index (χ1n) is 10.7. The van der Waals surface area contributed by atoms with Crippen LogP contribution in [0.5, 0.6) is 0 Å². The number of allylic oxidation sites excluding steroid dienone is 5. The zero-order valence-electron chi connectivity index (χ0n) is 16.1. The van der Waals surface area contributed by atoms with Crippen molar-refractivity contribution in [3.63, 3.8) is 0 Å². The van der Waals surface area contributed by atoms with Gasteiger partial charge in [0.2, 0.25) is 0 Å². The van der Waals surface area contributed by atoms with Gasteiger partial charge in [0, 0.05) is 0 Å². The fraction of sp³-hybridized carbons (Fsp3) is 0.750. The summed E-state index contributed by atoms with van der Waals surface area (Å²) in [5.41, 5.74) is 0. The van der Waals surface area contributed by atoms with E-state index in [0.717, 1.165) is 23.7 Å². The Bertz CT molecular complexity index is 373. The number of hydrogen-bond donors (Lipinski definition) is 0. The zero-order chi connectivity index (χ0) is 17.0. The molecule has 0 amide bonds. The molecule has 0 aromatic carbocycles. The molecule has 0 spiro atoms. The van der Waals surface area contributed by atoms with Crippen molar-refractivity contribution in [3.8, 4) is 0 Å². The second-order valence-corrected chi connectivity index (χ2v) is 8.34. The summed E-state index contributed by atoms with van der Waals surface area (Å²) in [7, 11) is 0. The van der Waals surface area contributed by atoms with E-state index in [1.165, 1.54) is 83.5 Å². The lowest BCUT2D eigenvalue weighted by molar-refractivity contribution is 0.265. The van der Waals surface area contributed by atoms with E-state index >= 15 is 0 Å². The van der Waals surface area contributed by atoms with Gasteiger partial charge in [0.15, 0.2) is 0 Å². The smallest absolute Gasteiger partial charge is 0.0233 e. The fourth-order valence-corrected chi connectivity index (χ4v) is 4.78. The highest BCUT2D eigenvalue weighted by Crippen LogP contribution is 2.34. The Morgan fingerprint density at radius 3 is 1.88 bits per heavy atom. The number of hydrogen-bond acceptors (Lipinski definition) is 0. The minimum atomic E-state index is 0.881. The van der Waals surface area contributed by atoms with Crippen molar-refractivity contribution in [3.05, 3.63) is 37.0 Å². The van der Waals surface area contributed by atoms with Gasteiger partial charge in [0.05, 0.1) is 0 Å². The third kappa shape index (κ3) is 7.41. The lowest BCUT2D eigenvalue weighted by Crippen LogP contribution is -2.14. The van der Waals surface area contributed by atoms with Crippen LogP contribution in [-0.4, -0.2) is 0 Å². The molecule has 2 aliphatic rings. The van der Waals surface area contributed by atoms with Gasteiger partial charge in [-0.15, -0.1) is 6.58 Å². The Labute approximate surface area is 151 Å². The van der Waals surface area contributed by atoms with E-state index in [1.54, 1.807) is 0 Å². The molecule has 2 saturated carbocycles. The topological polar surface area (TPSA) is 0 Å². The van der Waals surface area contributed by atoms with Crippen LogP contribution in [0.3, 0.4) is 0 Å². The van der Waals surface area contributed by atoms with Crippen molar-refractivity contribution < 1.29 is 0 Å². The summed E-state index contributed by atoms with van der Waals surface area (Å²) in [4.78, 5) is 0.